The number of rotatable bonds is 10. The molecule has 0 N–H and O–H groups in total. The van der Waals surface area contributed by atoms with Gasteiger partial charge in [0.25, 0.3) is 0 Å². The van der Waals surface area contributed by atoms with Crippen molar-refractivity contribution in [3.63, 3.8) is 0 Å². The highest BCUT2D eigenvalue weighted by atomic mass is 35.5. The second-order valence-electron chi connectivity index (χ2n) is 8.90. The van der Waals surface area contributed by atoms with E-state index in [1.807, 2.05) is 78.6 Å². The lowest BCUT2D eigenvalue weighted by Crippen LogP contribution is -2.25. The van der Waals surface area contributed by atoms with E-state index in [0.29, 0.717) is 37.0 Å². The van der Waals surface area contributed by atoms with Gasteiger partial charge in [-0.05, 0) is 56.2 Å². The van der Waals surface area contributed by atoms with Crippen LogP contribution < -0.4 is 14.4 Å². The third-order valence-corrected chi connectivity index (χ3v) is 6.81. The molecule has 3 aromatic carbocycles. The first-order valence-corrected chi connectivity index (χ1v) is 12.9. The lowest BCUT2D eigenvalue weighted by atomic mass is 10.1. The summed E-state index contributed by atoms with van der Waals surface area (Å²) in [4.78, 5) is 19.9. The molecule has 0 saturated carbocycles. The molecule has 1 saturated heterocycles. The van der Waals surface area contributed by atoms with E-state index >= 15 is 0 Å². The summed E-state index contributed by atoms with van der Waals surface area (Å²) < 4.78 is 13.9. The summed E-state index contributed by atoms with van der Waals surface area (Å²) >= 11 is 6.20. The quantitative estimate of drug-likeness (QED) is 0.233. The predicted octanol–water partition coefficient (Wildman–Crippen LogP) is 6.47. The maximum absolute atomic E-state index is 13.1. The first-order chi connectivity index (χ1) is 17.7. The molecular weight excluding hydrogens is 474 g/mol. The Balaban J connectivity index is 1.31. The van der Waals surface area contributed by atoms with E-state index < -0.39 is 0 Å². The number of anilines is 1. The minimum atomic E-state index is 0.0129. The van der Waals surface area contributed by atoms with Crippen molar-refractivity contribution in [3.05, 3.63) is 83.6 Å². The van der Waals surface area contributed by atoms with E-state index in [0.717, 1.165) is 47.7 Å². The topological polar surface area (TPSA) is 56.6 Å². The Morgan fingerprint density at radius 3 is 2.53 bits per heavy atom. The summed E-state index contributed by atoms with van der Waals surface area (Å²) in [6, 6.07) is 23.5. The van der Waals surface area contributed by atoms with Crippen LogP contribution >= 0.6 is 11.6 Å². The molecule has 186 valence electrons. The van der Waals surface area contributed by atoms with Gasteiger partial charge in [0.1, 0.15) is 17.3 Å². The van der Waals surface area contributed by atoms with E-state index in [1.54, 1.807) is 0 Å². The molecule has 0 radical (unpaired) electrons. The number of aryl methyl sites for hydroxylation is 1. The summed E-state index contributed by atoms with van der Waals surface area (Å²) in [5.41, 5.74) is 2.88. The van der Waals surface area contributed by atoms with Crippen LogP contribution in [0.15, 0.2) is 72.8 Å². The Morgan fingerprint density at radius 2 is 1.69 bits per heavy atom. The monoisotopic (exact) mass is 503 g/mol. The largest absolute Gasteiger partial charge is 0.492 e. The van der Waals surface area contributed by atoms with Crippen LogP contribution in [0.5, 0.6) is 11.5 Å². The van der Waals surface area contributed by atoms with Crippen LogP contribution in [-0.4, -0.2) is 35.2 Å². The molecule has 1 aliphatic rings. The molecule has 1 aromatic heterocycles. The third kappa shape index (κ3) is 5.05. The van der Waals surface area contributed by atoms with Crippen molar-refractivity contribution in [2.75, 3.05) is 24.7 Å². The summed E-state index contributed by atoms with van der Waals surface area (Å²) in [5, 5.41) is 0.627. The number of benzene rings is 3. The van der Waals surface area contributed by atoms with E-state index in [2.05, 4.69) is 10.6 Å². The zero-order valence-corrected chi connectivity index (χ0v) is 21.2. The fourth-order valence-electron chi connectivity index (χ4n) is 4.83. The first-order valence-electron chi connectivity index (χ1n) is 12.5. The molecular formula is C29H30ClN3O3. The van der Waals surface area contributed by atoms with E-state index in [9.17, 15) is 4.79 Å². The molecule has 1 fully saturated rings. The highest BCUT2D eigenvalue weighted by Gasteiger charge is 2.35. The van der Waals surface area contributed by atoms with Crippen molar-refractivity contribution in [2.45, 2.75) is 38.6 Å². The predicted molar refractivity (Wildman–Crippen MR) is 143 cm³/mol. The van der Waals surface area contributed by atoms with Crippen molar-refractivity contribution in [2.24, 2.45) is 0 Å². The number of para-hydroxylation sites is 5. The molecule has 0 spiro atoms. The molecule has 1 atom stereocenters. The van der Waals surface area contributed by atoms with Crippen molar-refractivity contribution < 1.29 is 14.3 Å². The second kappa shape index (κ2) is 11.0. The maximum atomic E-state index is 13.1. The number of fused-ring (bicyclic) bond motifs is 1. The van der Waals surface area contributed by atoms with Gasteiger partial charge in [-0.3, -0.25) is 4.79 Å². The number of carbonyl (C=O) groups excluding carboxylic acids is 1. The Hall–Kier alpha value is -3.51. The number of amides is 1. The van der Waals surface area contributed by atoms with Crippen molar-refractivity contribution in [1.29, 1.82) is 0 Å². The number of aromatic nitrogens is 2. The van der Waals surface area contributed by atoms with Gasteiger partial charge in [-0.15, -0.1) is 0 Å². The van der Waals surface area contributed by atoms with Gasteiger partial charge in [0, 0.05) is 25.4 Å². The molecule has 1 amide bonds. The average Bonchev–Trinajstić information content (AvgIpc) is 3.46. The molecule has 36 heavy (non-hydrogen) atoms. The highest BCUT2D eigenvalue weighted by molar-refractivity contribution is 6.32. The number of imidazole rings is 1. The number of ether oxygens (including phenoxy) is 2. The van der Waals surface area contributed by atoms with Gasteiger partial charge < -0.3 is 18.9 Å². The van der Waals surface area contributed by atoms with E-state index in [4.69, 9.17) is 26.1 Å². The standard InChI is InChI=1S/C29H30ClN3O3/c1-2-35-27-16-8-6-14-25(27)33-20-21(19-28(33)34)29-31-23-12-4-5-13-24(23)32(29)17-9-10-18-36-26-15-7-3-11-22(26)30/h3-8,11-16,21H,2,9-10,17-20H2,1H3. The van der Waals surface area contributed by atoms with E-state index in [-0.39, 0.29) is 11.8 Å². The van der Waals surface area contributed by atoms with Crippen LogP contribution in [0.2, 0.25) is 5.02 Å². The third-order valence-electron chi connectivity index (χ3n) is 6.50. The Bertz CT molecular complexity index is 1350. The molecule has 7 heteroatoms. The van der Waals surface area contributed by atoms with Gasteiger partial charge in [-0.1, -0.05) is 48.0 Å². The SMILES string of the molecule is CCOc1ccccc1N1CC(c2nc3ccccc3n2CCCCOc2ccccc2Cl)CC1=O. The molecule has 0 aliphatic carbocycles. The van der Waals surface area contributed by atoms with Gasteiger partial charge in [-0.25, -0.2) is 4.98 Å². The fourth-order valence-corrected chi connectivity index (χ4v) is 5.02. The zero-order chi connectivity index (χ0) is 24.9. The summed E-state index contributed by atoms with van der Waals surface area (Å²) in [6.45, 7) is 4.49. The van der Waals surface area contributed by atoms with Crippen LogP contribution in [0.4, 0.5) is 5.69 Å². The zero-order valence-electron chi connectivity index (χ0n) is 20.4. The number of hydrogen-bond acceptors (Lipinski definition) is 4. The Morgan fingerprint density at radius 1 is 0.944 bits per heavy atom. The number of carbonyl (C=O) groups is 1. The molecule has 1 unspecified atom stereocenters. The van der Waals surface area contributed by atoms with Gasteiger partial charge >= 0.3 is 0 Å². The average molecular weight is 504 g/mol. The van der Waals surface area contributed by atoms with Crippen molar-refractivity contribution >= 4 is 34.2 Å². The molecule has 4 aromatic rings. The Labute approximate surface area is 216 Å². The van der Waals surface area contributed by atoms with Crippen molar-refractivity contribution in [1.82, 2.24) is 9.55 Å². The summed E-state index contributed by atoms with van der Waals surface area (Å²) in [5.74, 6) is 2.52. The fraction of sp³-hybridized carbons (Fsp3) is 0.310. The number of unbranched alkanes of at least 4 members (excludes halogenated alkanes) is 1. The number of hydrogen-bond donors (Lipinski definition) is 0. The lowest BCUT2D eigenvalue weighted by molar-refractivity contribution is -0.117. The molecule has 6 nitrogen and oxygen atoms in total. The van der Waals surface area contributed by atoms with Gasteiger partial charge in [0.15, 0.2) is 0 Å². The normalized spacial score (nSPS) is 15.6. The second-order valence-corrected chi connectivity index (χ2v) is 9.31. The van der Waals surface area contributed by atoms with Gasteiger partial charge in [0.05, 0.1) is 35.0 Å². The van der Waals surface area contributed by atoms with Crippen LogP contribution in [0.3, 0.4) is 0 Å². The summed E-state index contributed by atoms with van der Waals surface area (Å²) in [6.07, 6.45) is 2.24. The summed E-state index contributed by atoms with van der Waals surface area (Å²) in [7, 11) is 0. The van der Waals surface area contributed by atoms with Gasteiger partial charge in [-0.2, -0.15) is 0 Å². The van der Waals surface area contributed by atoms with Crippen LogP contribution in [-0.2, 0) is 11.3 Å². The molecule has 2 heterocycles. The molecule has 1 aliphatic heterocycles. The van der Waals surface area contributed by atoms with Crippen LogP contribution in [0.25, 0.3) is 11.0 Å². The minimum Gasteiger partial charge on any atom is -0.492 e. The first kappa shape index (κ1) is 24.2. The smallest absolute Gasteiger partial charge is 0.227 e. The number of halogens is 1. The Kier molecular flexibility index (Phi) is 7.42. The highest BCUT2D eigenvalue weighted by Crippen LogP contribution is 2.37. The van der Waals surface area contributed by atoms with Crippen molar-refractivity contribution in [3.8, 4) is 11.5 Å². The molecule has 5 rings (SSSR count). The lowest BCUT2D eigenvalue weighted by Gasteiger charge is -2.20. The van der Waals surface area contributed by atoms with Gasteiger partial charge in [0.2, 0.25) is 5.91 Å². The van der Waals surface area contributed by atoms with Crippen LogP contribution in [0.1, 0.15) is 37.9 Å². The molecule has 0 bridgehead atoms. The maximum Gasteiger partial charge on any atom is 0.227 e. The minimum absolute atomic E-state index is 0.0129. The van der Waals surface area contributed by atoms with Crippen LogP contribution in [0, 0.1) is 0 Å². The van der Waals surface area contributed by atoms with E-state index in [1.165, 1.54) is 0 Å². The number of nitrogens with zero attached hydrogens (tertiary/aromatic N) is 3.